The molecule has 0 radical (unpaired) electrons. The van der Waals surface area contributed by atoms with Crippen molar-refractivity contribution >= 4 is 12.1 Å². The Balaban J connectivity index is 1.43. The van der Waals surface area contributed by atoms with Gasteiger partial charge in [0.05, 0.1) is 6.54 Å². The molecule has 0 bridgehead atoms. The third-order valence-corrected chi connectivity index (χ3v) is 4.44. The van der Waals surface area contributed by atoms with Gasteiger partial charge >= 0.3 is 12.1 Å². The van der Waals surface area contributed by atoms with Gasteiger partial charge in [0.2, 0.25) is 5.89 Å². The molecule has 1 atom stereocenters. The monoisotopic (exact) mass is 373 g/mol. The van der Waals surface area contributed by atoms with Gasteiger partial charge in [0.1, 0.15) is 6.61 Å². The summed E-state index contributed by atoms with van der Waals surface area (Å²) in [5.74, 6) is 0.907. The Labute approximate surface area is 159 Å². The SMILES string of the molecule is CN(C)Cc1nnc(NCC2CCCN(C(=O)OCc3ccccc3)C2)o1. The first kappa shape index (κ1) is 19.2. The highest BCUT2D eigenvalue weighted by Gasteiger charge is 2.25. The Morgan fingerprint density at radius 3 is 2.93 bits per heavy atom. The van der Waals surface area contributed by atoms with E-state index in [1.807, 2.05) is 49.3 Å². The number of benzene rings is 1. The van der Waals surface area contributed by atoms with Gasteiger partial charge in [-0.15, -0.1) is 5.10 Å². The molecule has 146 valence electrons. The minimum atomic E-state index is -0.255. The third-order valence-electron chi connectivity index (χ3n) is 4.44. The molecular weight excluding hydrogens is 346 g/mol. The summed E-state index contributed by atoms with van der Waals surface area (Å²) in [5, 5.41) is 11.2. The minimum Gasteiger partial charge on any atom is -0.445 e. The Kier molecular flexibility index (Phi) is 6.64. The standard InChI is InChI=1S/C19H27N5O3/c1-23(2)13-17-21-22-18(27-17)20-11-16-9-6-10-24(12-16)19(25)26-14-15-7-4-3-5-8-15/h3-5,7-8,16H,6,9-14H2,1-2H3,(H,20,22). The molecule has 1 unspecified atom stereocenters. The number of aromatic nitrogens is 2. The van der Waals surface area contributed by atoms with Crippen molar-refractivity contribution in [1.29, 1.82) is 0 Å². The van der Waals surface area contributed by atoms with Crippen LogP contribution in [0.4, 0.5) is 10.8 Å². The number of nitrogens with one attached hydrogen (secondary N) is 1. The summed E-state index contributed by atoms with van der Waals surface area (Å²) in [5.41, 5.74) is 0.992. The van der Waals surface area contributed by atoms with E-state index in [1.54, 1.807) is 4.90 Å². The maximum absolute atomic E-state index is 12.3. The zero-order valence-corrected chi connectivity index (χ0v) is 15.9. The molecule has 1 fully saturated rings. The first-order valence-electron chi connectivity index (χ1n) is 9.27. The molecule has 1 aliphatic heterocycles. The van der Waals surface area contributed by atoms with Gasteiger partial charge in [0.15, 0.2) is 0 Å². The number of anilines is 1. The Bertz CT molecular complexity index is 719. The van der Waals surface area contributed by atoms with E-state index in [9.17, 15) is 4.79 Å². The molecule has 8 nitrogen and oxygen atoms in total. The zero-order valence-electron chi connectivity index (χ0n) is 15.9. The number of rotatable bonds is 7. The van der Waals surface area contributed by atoms with Crippen molar-refractivity contribution in [1.82, 2.24) is 20.0 Å². The third kappa shape index (κ3) is 5.96. The molecule has 1 aromatic carbocycles. The van der Waals surface area contributed by atoms with Gasteiger partial charge in [-0.3, -0.25) is 0 Å². The predicted octanol–water partition coefficient (Wildman–Crippen LogP) is 2.59. The average Bonchev–Trinajstić information content (AvgIpc) is 3.12. The van der Waals surface area contributed by atoms with Crippen molar-refractivity contribution < 1.29 is 13.9 Å². The summed E-state index contributed by atoms with van der Waals surface area (Å²) in [6.45, 7) is 3.00. The van der Waals surface area contributed by atoms with Crippen molar-refractivity contribution in [2.45, 2.75) is 26.0 Å². The van der Waals surface area contributed by atoms with E-state index >= 15 is 0 Å². The normalized spacial score (nSPS) is 17.1. The van der Waals surface area contributed by atoms with Crippen LogP contribution in [0.1, 0.15) is 24.3 Å². The van der Waals surface area contributed by atoms with Gasteiger partial charge < -0.3 is 24.3 Å². The lowest BCUT2D eigenvalue weighted by molar-refractivity contribution is 0.0804. The van der Waals surface area contributed by atoms with E-state index in [0.29, 0.717) is 44.1 Å². The minimum absolute atomic E-state index is 0.255. The van der Waals surface area contributed by atoms with Gasteiger partial charge in [-0.2, -0.15) is 0 Å². The lowest BCUT2D eigenvalue weighted by atomic mass is 9.98. The summed E-state index contributed by atoms with van der Waals surface area (Å²) < 4.78 is 11.0. The van der Waals surface area contributed by atoms with E-state index < -0.39 is 0 Å². The Morgan fingerprint density at radius 2 is 2.15 bits per heavy atom. The summed E-state index contributed by atoms with van der Waals surface area (Å²) in [4.78, 5) is 16.1. The van der Waals surface area contributed by atoms with Crippen LogP contribution in [-0.4, -0.2) is 59.8 Å². The summed E-state index contributed by atoms with van der Waals surface area (Å²) in [6, 6.07) is 10.1. The van der Waals surface area contributed by atoms with E-state index in [1.165, 1.54) is 0 Å². The summed E-state index contributed by atoms with van der Waals surface area (Å²) in [7, 11) is 3.90. The van der Waals surface area contributed by atoms with Crippen molar-refractivity contribution in [2.75, 3.05) is 39.0 Å². The molecule has 27 heavy (non-hydrogen) atoms. The van der Waals surface area contributed by atoms with Crippen LogP contribution >= 0.6 is 0 Å². The first-order chi connectivity index (χ1) is 13.1. The van der Waals surface area contributed by atoms with Crippen LogP contribution < -0.4 is 5.32 Å². The number of hydrogen-bond acceptors (Lipinski definition) is 7. The van der Waals surface area contributed by atoms with Crippen LogP contribution in [-0.2, 0) is 17.9 Å². The van der Waals surface area contributed by atoms with Crippen molar-refractivity contribution in [2.24, 2.45) is 5.92 Å². The second-order valence-corrected chi connectivity index (χ2v) is 7.11. The van der Waals surface area contributed by atoms with Gasteiger partial charge in [-0.25, -0.2) is 4.79 Å². The molecule has 2 aromatic rings. The number of likely N-dealkylation sites (tertiary alicyclic amines) is 1. The van der Waals surface area contributed by atoms with Gasteiger partial charge in [-0.05, 0) is 38.4 Å². The number of ether oxygens (including phenoxy) is 1. The number of amides is 1. The smallest absolute Gasteiger partial charge is 0.410 e. The van der Waals surface area contributed by atoms with Crippen LogP contribution in [0.15, 0.2) is 34.7 Å². The van der Waals surface area contributed by atoms with Crippen LogP contribution in [0.25, 0.3) is 0 Å². The second-order valence-electron chi connectivity index (χ2n) is 7.11. The van der Waals surface area contributed by atoms with Crippen molar-refractivity contribution in [3.63, 3.8) is 0 Å². The average molecular weight is 373 g/mol. The lowest BCUT2D eigenvalue weighted by Gasteiger charge is -2.32. The van der Waals surface area contributed by atoms with Crippen LogP contribution in [0.5, 0.6) is 0 Å². The molecule has 8 heteroatoms. The molecule has 2 heterocycles. The van der Waals surface area contributed by atoms with Crippen molar-refractivity contribution in [3.8, 4) is 0 Å². The highest BCUT2D eigenvalue weighted by Crippen LogP contribution is 2.18. The summed E-state index contributed by atoms with van der Waals surface area (Å²) >= 11 is 0. The second kappa shape index (κ2) is 9.36. The van der Waals surface area contributed by atoms with E-state index in [2.05, 4.69) is 15.5 Å². The molecule has 0 spiro atoms. The maximum Gasteiger partial charge on any atom is 0.410 e. The van der Waals surface area contributed by atoms with Gasteiger partial charge in [0.25, 0.3) is 0 Å². The Hall–Kier alpha value is -2.61. The molecule has 1 aliphatic rings. The van der Waals surface area contributed by atoms with Gasteiger partial charge in [-0.1, -0.05) is 35.4 Å². The zero-order chi connectivity index (χ0) is 19.1. The molecule has 1 aromatic heterocycles. The van der Waals surface area contributed by atoms with E-state index in [-0.39, 0.29) is 6.09 Å². The molecule has 1 N–H and O–H groups in total. The van der Waals surface area contributed by atoms with Gasteiger partial charge in [0, 0.05) is 19.6 Å². The molecule has 0 aliphatic carbocycles. The van der Waals surface area contributed by atoms with E-state index in [0.717, 1.165) is 24.9 Å². The first-order valence-corrected chi connectivity index (χ1v) is 9.27. The molecule has 1 amide bonds. The topological polar surface area (TPSA) is 83.7 Å². The van der Waals surface area contributed by atoms with Crippen LogP contribution in [0.2, 0.25) is 0 Å². The highest BCUT2D eigenvalue weighted by atomic mass is 16.6. The number of carbonyl (C=O) groups is 1. The number of carbonyl (C=O) groups excluding carboxylic acids is 1. The fourth-order valence-electron chi connectivity index (χ4n) is 3.10. The molecule has 0 saturated carbocycles. The van der Waals surface area contributed by atoms with Crippen LogP contribution in [0, 0.1) is 5.92 Å². The molecule has 1 saturated heterocycles. The quantitative estimate of drug-likeness (QED) is 0.798. The fraction of sp³-hybridized carbons (Fsp3) is 0.526. The maximum atomic E-state index is 12.3. The van der Waals surface area contributed by atoms with Crippen molar-refractivity contribution in [3.05, 3.63) is 41.8 Å². The number of piperidine rings is 1. The van der Waals surface area contributed by atoms with Crippen LogP contribution in [0.3, 0.4) is 0 Å². The lowest BCUT2D eigenvalue weighted by Crippen LogP contribution is -2.42. The predicted molar refractivity (Wildman–Crippen MR) is 101 cm³/mol. The Morgan fingerprint density at radius 1 is 1.33 bits per heavy atom. The summed E-state index contributed by atoms with van der Waals surface area (Å²) in [6.07, 6.45) is 1.76. The largest absolute Gasteiger partial charge is 0.445 e. The molecule has 3 rings (SSSR count). The highest BCUT2D eigenvalue weighted by molar-refractivity contribution is 5.67. The molecular formula is C19H27N5O3. The van der Waals surface area contributed by atoms with E-state index in [4.69, 9.17) is 9.15 Å². The number of hydrogen-bond donors (Lipinski definition) is 1. The fourth-order valence-corrected chi connectivity index (χ4v) is 3.10. The number of nitrogens with zero attached hydrogens (tertiary/aromatic N) is 4.